The summed E-state index contributed by atoms with van der Waals surface area (Å²) in [5, 5.41) is 7.62. The first-order valence-corrected chi connectivity index (χ1v) is 6.17. The molecule has 0 bridgehead atoms. The van der Waals surface area contributed by atoms with Gasteiger partial charge in [0.2, 0.25) is 0 Å². The van der Waals surface area contributed by atoms with Crippen LogP contribution in [0.5, 0.6) is 0 Å². The average molecular weight is 232 g/mol. The number of hydrogen-bond donors (Lipinski definition) is 1. The molecule has 5 heteroatoms. The second-order valence-electron chi connectivity index (χ2n) is 3.91. The molecule has 0 aromatic carbocycles. The fraction of sp³-hybridized carbons (Fsp3) is 0.364. The maximum absolute atomic E-state index is 4.30. The van der Waals surface area contributed by atoms with Crippen molar-refractivity contribution < 1.29 is 0 Å². The second-order valence-corrected chi connectivity index (χ2v) is 4.75. The highest BCUT2D eigenvalue weighted by Gasteiger charge is 2.21. The van der Waals surface area contributed by atoms with Gasteiger partial charge >= 0.3 is 0 Å². The Morgan fingerprint density at radius 2 is 2.31 bits per heavy atom. The van der Waals surface area contributed by atoms with Crippen LogP contribution >= 0.6 is 11.5 Å². The van der Waals surface area contributed by atoms with Gasteiger partial charge in [0.1, 0.15) is 5.69 Å². The van der Waals surface area contributed by atoms with E-state index < -0.39 is 0 Å². The molecule has 1 aliphatic carbocycles. The Bertz CT molecular complexity index is 464. The van der Waals surface area contributed by atoms with Gasteiger partial charge in [0.25, 0.3) is 0 Å². The third-order valence-electron chi connectivity index (χ3n) is 2.59. The lowest BCUT2D eigenvalue weighted by Crippen LogP contribution is -2.14. The fourth-order valence-corrected chi connectivity index (χ4v) is 2.15. The predicted octanol–water partition coefficient (Wildman–Crippen LogP) is 1.85. The molecule has 4 nitrogen and oxygen atoms in total. The molecule has 82 valence electrons. The zero-order valence-electron chi connectivity index (χ0n) is 8.76. The van der Waals surface area contributed by atoms with Crippen LogP contribution < -0.4 is 5.32 Å². The summed E-state index contributed by atoms with van der Waals surface area (Å²) in [7, 11) is 0. The first-order valence-electron chi connectivity index (χ1n) is 5.39. The summed E-state index contributed by atoms with van der Waals surface area (Å²) in [5.74, 6) is 0. The number of hydrogen-bond acceptors (Lipinski definition) is 5. The first-order chi connectivity index (χ1) is 7.93. The van der Waals surface area contributed by atoms with Gasteiger partial charge in [-0.1, -0.05) is 10.6 Å². The third-order valence-corrected chi connectivity index (χ3v) is 3.31. The van der Waals surface area contributed by atoms with Crippen molar-refractivity contribution in [2.45, 2.75) is 25.4 Å². The minimum Gasteiger partial charge on any atom is -0.309 e. The van der Waals surface area contributed by atoms with Gasteiger partial charge in [-0.2, -0.15) is 0 Å². The Labute approximate surface area is 97.9 Å². The summed E-state index contributed by atoms with van der Waals surface area (Å²) < 4.78 is 4.01. The van der Waals surface area contributed by atoms with E-state index in [0.29, 0.717) is 6.04 Å². The molecule has 1 saturated carbocycles. The lowest BCUT2D eigenvalue weighted by atomic mass is 10.2. The van der Waals surface area contributed by atoms with Crippen LogP contribution in [0, 0.1) is 0 Å². The minimum absolute atomic E-state index is 0.707. The van der Waals surface area contributed by atoms with Gasteiger partial charge in [-0.05, 0) is 36.5 Å². The highest BCUT2D eigenvalue weighted by atomic mass is 32.1. The fourth-order valence-electron chi connectivity index (χ4n) is 1.55. The van der Waals surface area contributed by atoms with Gasteiger partial charge in [-0.15, -0.1) is 5.10 Å². The van der Waals surface area contributed by atoms with E-state index >= 15 is 0 Å². The molecule has 0 spiro atoms. The zero-order valence-corrected chi connectivity index (χ0v) is 9.57. The van der Waals surface area contributed by atoms with Crippen LogP contribution in [0.15, 0.2) is 24.4 Å². The van der Waals surface area contributed by atoms with Gasteiger partial charge in [-0.25, -0.2) is 0 Å². The van der Waals surface area contributed by atoms with E-state index in [-0.39, 0.29) is 0 Å². The SMILES string of the molecule is c1ccc(-c2nnsc2CNC2CC2)nc1. The van der Waals surface area contributed by atoms with Gasteiger partial charge in [0.05, 0.1) is 10.6 Å². The van der Waals surface area contributed by atoms with Crippen molar-refractivity contribution >= 4 is 11.5 Å². The topological polar surface area (TPSA) is 50.7 Å². The van der Waals surface area contributed by atoms with E-state index in [0.717, 1.165) is 17.9 Å². The van der Waals surface area contributed by atoms with Crippen LogP contribution in [0.3, 0.4) is 0 Å². The summed E-state index contributed by atoms with van der Waals surface area (Å²) in [6, 6.07) is 6.56. The van der Waals surface area contributed by atoms with Crippen LogP contribution in [0.2, 0.25) is 0 Å². The Kier molecular flexibility index (Phi) is 2.63. The standard InChI is InChI=1S/C11H12N4S/c1-2-6-12-9(3-1)11-10(16-15-14-11)7-13-8-4-5-8/h1-3,6,8,13H,4-5,7H2. The summed E-state index contributed by atoms with van der Waals surface area (Å²) in [5.41, 5.74) is 1.82. The monoisotopic (exact) mass is 232 g/mol. The minimum atomic E-state index is 0.707. The number of nitrogens with one attached hydrogen (secondary N) is 1. The summed E-state index contributed by atoms with van der Waals surface area (Å²) in [6.07, 6.45) is 4.38. The summed E-state index contributed by atoms with van der Waals surface area (Å²) in [6.45, 7) is 0.855. The third kappa shape index (κ3) is 2.10. The normalized spacial score (nSPS) is 15.2. The van der Waals surface area contributed by atoms with Crippen LogP contribution in [0.4, 0.5) is 0 Å². The second kappa shape index (κ2) is 4.27. The zero-order chi connectivity index (χ0) is 10.8. The van der Waals surface area contributed by atoms with Crippen LogP contribution in [0.1, 0.15) is 17.7 Å². The maximum atomic E-state index is 4.30. The Hall–Kier alpha value is -1.33. The van der Waals surface area contributed by atoms with E-state index in [4.69, 9.17) is 0 Å². The van der Waals surface area contributed by atoms with E-state index in [1.165, 1.54) is 29.3 Å². The van der Waals surface area contributed by atoms with Crippen molar-refractivity contribution in [2.75, 3.05) is 0 Å². The smallest absolute Gasteiger partial charge is 0.128 e. The molecular formula is C11H12N4S. The molecule has 2 aromatic rings. The van der Waals surface area contributed by atoms with Crippen molar-refractivity contribution in [1.82, 2.24) is 19.9 Å². The molecule has 1 N–H and O–H groups in total. The maximum Gasteiger partial charge on any atom is 0.128 e. The van der Waals surface area contributed by atoms with Crippen molar-refractivity contribution in [3.8, 4) is 11.4 Å². The van der Waals surface area contributed by atoms with Gasteiger partial charge in [0, 0.05) is 18.8 Å². The number of pyridine rings is 1. The van der Waals surface area contributed by atoms with Crippen LogP contribution in [-0.4, -0.2) is 20.6 Å². The molecule has 0 aliphatic heterocycles. The number of aromatic nitrogens is 3. The lowest BCUT2D eigenvalue weighted by Gasteiger charge is -2.01. The molecule has 0 amide bonds. The highest BCUT2D eigenvalue weighted by Crippen LogP contribution is 2.24. The van der Waals surface area contributed by atoms with E-state index in [2.05, 4.69) is 19.9 Å². The molecular weight excluding hydrogens is 220 g/mol. The van der Waals surface area contributed by atoms with Crippen molar-refractivity contribution in [2.24, 2.45) is 0 Å². The van der Waals surface area contributed by atoms with Crippen molar-refractivity contribution in [3.05, 3.63) is 29.3 Å². The molecule has 2 heterocycles. The lowest BCUT2D eigenvalue weighted by molar-refractivity contribution is 0.695. The van der Waals surface area contributed by atoms with Gasteiger partial charge in [-0.3, -0.25) is 4.98 Å². The predicted molar refractivity (Wildman–Crippen MR) is 63.0 cm³/mol. The van der Waals surface area contributed by atoms with Crippen molar-refractivity contribution in [1.29, 1.82) is 0 Å². The van der Waals surface area contributed by atoms with E-state index in [1.54, 1.807) is 6.20 Å². The van der Waals surface area contributed by atoms with E-state index in [1.807, 2.05) is 18.2 Å². The Balaban J connectivity index is 1.81. The molecule has 1 fully saturated rings. The number of rotatable bonds is 4. The Morgan fingerprint density at radius 3 is 3.06 bits per heavy atom. The molecule has 0 unspecified atom stereocenters. The van der Waals surface area contributed by atoms with Gasteiger partial charge in [0.15, 0.2) is 0 Å². The summed E-state index contributed by atoms with van der Waals surface area (Å²) >= 11 is 1.45. The molecule has 0 atom stereocenters. The first kappa shape index (κ1) is 9.86. The molecule has 3 rings (SSSR count). The average Bonchev–Trinajstić information content (AvgIpc) is 3.05. The van der Waals surface area contributed by atoms with Gasteiger partial charge < -0.3 is 5.32 Å². The molecule has 0 saturated heterocycles. The van der Waals surface area contributed by atoms with Crippen LogP contribution in [0.25, 0.3) is 11.4 Å². The number of nitrogens with zero attached hydrogens (tertiary/aromatic N) is 3. The molecule has 1 aliphatic rings. The van der Waals surface area contributed by atoms with Crippen molar-refractivity contribution in [3.63, 3.8) is 0 Å². The molecule has 2 aromatic heterocycles. The Morgan fingerprint density at radius 1 is 1.38 bits per heavy atom. The summed E-state index contributed by atoms with van der Waals surface area (Å²) in [4.78, 5) is 5.47. The molecule has 16 heavy (non-hydrogen) atoms. The largest absolute Gasteiger partial charge is 0.309 e. The van der Waals surface area contributed by atoms with E-state index in [9.17, 15) is 0 Å². The van der Waals surface area contributed by atoms with Crippen LogP contribution in [-0.2, 0) is 6.54 Å². The quantitative estimate of drug-likeness (QED) is 0.874. The molecule has 0 radical (unpaired) electrons. The highest BCUT2D eigenvalue weighted by molar-refractivity contribution is 7.05.